The normalized spacial score (nSPS) is 16.0. The molecule has 3 aromatic heterocycles. The molecule has 7 heteroatoms. The Kier molecular flexibility index (Phi) is 4.62. The van der Waals surface area contributed by atoms with Gasteiger partial charge in [0.15, 0.2) is 5.65 Å². The molecule has 5 rings (SSSR count). The van der Waals surface area contributed by atoms with Crippen LogP contribution in [0.25, 0.3) is 27.8 Å². The molecule has 0 spiro atoms. The number of fused-ring (bicyclic) bond motifs is 2. The van der Waals surface area contributed by atoms with Crippen LogP contribution in [0.2, 0.25) is 0 Å². The predicted molar refractivity (Wildman–Crippen MR) is 118 cm³/mol. The molecule has 0 unspecified atom stereocenters. The average molecular weight is 403 g/mol. The van der Waals surface area contributed by atoms with E-state index in [2.05, 4.69) is 16.9 Å². The van der Waals surface area contributed by atoms with E-state index in [1.165, 1.54) is 0 Å². The Labute approximate surface area is 175 Å². The molecular weight excluding hydrogens is 376 g/mol. The SMILES string of the molecule is CCN1CCC(c2cn3c(=O)cc(-c4ccc5nn(C)cc5c4)nc3c(C)n2)CC1. The number of nitrogens with zero attached hydrogens (tertiary/aromatic N) is 6. The molecule has 4 heterocycles. The zero-order valence-corrected chi connectivity index (χ0v) is 17.7. The quantitative estimate of drug-likeness (QED) is 0.527. The van der Waals surface area contributed by atoms with Gasteiger partial charge in [0.2, 0.25) is 0 Å². The number of aromatic nitrogens is 5. The fourth-order valence-electron chi connectivity index (χ4n) is 4.47. The number of piperidine rings is 1. The van der Waals surface area contributed by atoms with Gasteiger partial charge in [0.25, 0.3) is 5.56 Å². The largest absolute Gasteiger partial charge is 0.304 e. The maximum Gasteiger partial charge on any atom is 0.258 e. The lowest BCUT2D eigenvalue weighted by Crippen LogP contribution is -2.33. The van der Waals surface area contributed by atoms with Gasteiger partial charge in [-0.2, -0.15) is 5.10 Å². The molecule has 0 N–H and O–H groups in total. The van der Waals surface area contributed by atoms with Crippen LogP contribution in [0.5, 0.6) is 0 Å². The Balaban J connectivity index is 1.55. The van der Waals surface area contributed by atoms with Crippen LogP contribution in [0.1, 0.15) is 37.1 Å². The van der Waals surface area contributed by atoms with E-state index < -0.39 is 0 Å². The molecular formula is C23H26N6O. The first-order valence-corrected chi connectivity index (χ1v) is 10.6. The number of hydrogen-bond donors (Lipinski definition) is 0. The molecule has 4 aromatic rings. The first kappa shape index (κ1) is 18.9. The van der Waals surface area contributed by atoms with Crippen molar-refractivity contribution in [1.29, 1.82) is 0 Å². The molecule has 7 nitrogen and oxygen atoms in total. The van der Waals surface area contributed by atoms with Crippen molar-refractivity contribution in [2.24, 2.45) is 7.05 Å². The molecule has 0 saturated carbocycles. The van der Waals surface area contributed by atoms with Crippen LogP contribution >= 0.6 is 0 Å². The molecule has 1 saturated heterocycles. The second kappa shape index (κ2) is 7.32. The van der Waals surface area contributed by atoms with Gasteiger partial charge in [0.1, 0.15) is 0 Å². The van der Waals surface area contributed by atoms with Gasteiger partial charge in [-0.05, 0) is 51.5 Å². The van der Waals surface area contributed by atoms with Crippen LogP contribution < -0.4 is 5.56 Å². The highest BCUT2D eigenvalue weighted by Gasteiger charge is 2.22. The maximum absolute atomic E-state index is 13.0. The van der Waals surface area contributed by atoms with Crippen molar-refractivity contribution < 1.29 is 0 Å². The highest BCUT2D eigenvalue weighted by molar-refractivity contribution is 5.83. The highest BCUT2D eigenvalue weighted by atomic mass is 16.1. The number of benzene rings is 1. The van der Waals surface area contributed by atoms with E-state index in [1.807, 2.05) is 44.6 Å². The van der Waals surface area contributed by atoms with E-state index in [0.29, 0.717) is 17.3 Å². The first-order chi connectivity index (χ1) is 14.5. The lowest BCUT2D eigenvalue weighted by Gasteiger charge is -2.30. The number of rotatable bonds is 3. The van der Waals surface area contributed by atoms with E-state index in [1.54, 1.807) is 15.1 Å². The molecule has 0 amide bonds. The second-order valence-corrected chi connectivity index (χ2v) is 8.21. The van der Waals surface area contributed by atoms with Gasteiger partial charge in [0, 0.05) is 42.4 Å². The number of hydrogen-bond acceptors (Lipinski definition) is 5. The summed E-state index contributed by atoms with van der Waals surface area (Å²) in [6.07, 6.45) is 6.03. The molecule has 1 fully saturated rings. The smallest absolute Gasteiger partial charge is 0.258 e. The van der Waals surface area contributed by atoms with E-state index in [4.69, 9.17) is 9.97 Å². The predicted octanol–water partition coefficient (Wildman–Crippen LogP) is 3.15. The third-order valence-corrected chi connectivity index (χ3v) is 6.20. The van der Waals surface area contributed by atoms with Gasteiger partial charge >= 0.3 is 0 Å². The van der Waals surface area contributed by atoms with Crippen molar-refractivity contribution in [2.45, 2.75) is 32.6 Å². The van der Waals surface area contributed by atoms with Crippen LogP contribution in [0.15, 0.2) is 41.5 Å². The topological polar surface area (TPSA) is 68.3 Å². The van der Waals surface area contributed by atoms with Gasteiger partial charge in [-0.25, -0.2) is 4.98 Å². The third-order valence-electron chi connectivity index (χ3n) is 6.20. The lowest BCUT2D eigenvalue weighted by molar-refractivity contribution is 0.220. The molecule has 1 aliphatic heterocycles. The molecule has 0 bridgehead atoms. The summed E-state index contributed by atoms with van der Waals surface area (Å²) in [4.78, 5) is 25.1. The minimum Gasteiger partial charge on any atom is -0.304 e. The van der Waals surface area contributed by atoms with E-state index in [9.17, 15) is 4.79 Å². The fraction of sp³-hybridized carbons (Fsp3) is 0.391. The van der Waals surface area contributed by atoms with Crippen LogP contribution in [-0.4, -0.2) is 48.7 Å². The highest BCUT2D eigenvalue weighted by Crippen LogP contribution is 2.28. The second-order valence-electron chi connectivity index (χ2n) is 8.21. The lowest BCUT2D eigenvalue weighted by atomic mass is 9.93. The summed E-state index contributed by atoms with van der Waals surface area (Å²) >= 11 is 0. The molecule has 0 radical (unpaired) electrons. The minimum absolute atomic E-state index is 0.0703. The Morgan fingerprint density at radius 2 is 1.90 bits per heavy atom. The van der Waals surface area contributed by atoms with Crippen LogP contribution in [0.4, 0.5) is 0 Å². The van der Waals surface area contributed by atoms with Crippen molar-refractivity contribution in [3.8, 4) is 11.3 Å². The Morgan fingerprint density at radius 1 is 1.10 bits per heavy atom. The van der Waals surface area contributed by atoms with Crippen molar-refractivity contribution in [3.63, 3.8) is 0 Å². The van der Waals surface area contributed by atoms with Crippen molar-refractivity contribution in [2.75, 3.05) is 19.6 Å². The maximum atomic E-state index is 13.0. The minimum atomic E-state index is -0.0703. The molecule has 0 atom stereocenters. The fourth-order valence-corrected chi connectivity index (χ4v) is 4.47. The molecule has 1 aromatic carbocycles. The van der Waals surface area contributed by atoms with Crippen LogP contribution in [-0.2, 0) is 7.05 Å². The summed E-state index contributed by atoms with van der Waals surface area (Å²) in [5.41, 5.74) is 4.86. The molecule has 1 aliphatic rings. The van der Waals surface area contributed by atoms with Crippen molar-refractivity contribution >= 4 is 16.6 Å². The van der Waals surface area contributed by atoms with E-state index in [-0.39, 0.29) is 5.56 Å². The van der Waals surface area contributed by atoms with E-state index in [0.717, 1.165) is 60.3 Å². The van der Waals surface area contributed by atoms with Crippen molar-refractivity contribution in [1.82, 2.24) is 29.0 Å². The summed E-state index contributed by atoms with van der Waals surface area (Å²) in [6.45, 7) is 7.41. The summed E-state index contributed by atoms with van der Waals surface area (Å²) in [5.74, 6) is 0.399. The van der Waals surface area contributed by atoms with Crippen LogP contribution in [0.3, 0.4) is 0 Å². The van der Waals surface area contributed by atoms with Crippen LogP contribution in [0, 0.1) is 6.92 Å². The van der Waals surface area contributed by atoms with Gasteiger partial charge in [-0.15, -0.1) is 0 Å². The van der Waals surface area contributed by atoms with Gasteiger partial charge in [-0.3, -0.25) is 18.9 Å². The number of likely N-dealkylation sites (tertiary alicyclic amines) is 1. The zero-order valence-electron chi connectivity index (χ0n) is 17.7. The zero-order chi connectivity index (χ0) is 20.8. The summed E-state index contributed by atoms with van der Waals surface area (Å²) in [6, 6.07) is 7.57. The van der Waals surface area contributed by atoms with Crippen molar-refractivity contribution in [3.05, 3.63) is 58.4 Å². The molecule has 0 aliphatic carbocycles. The van der Waals surface area contributed by atoms with Gasteiger partial charge < -0.3 is 4.90 Å². The molecule has 154 valence electrons. The Morgan fingerprint density at radius 3 is 2.67 bits per heavy atom. The molecule has 30 heavy (non-hydrogen) atoms. The number of aryl methyl sites for hydroxylation is 2. The standard InChI is InChI=1S/C23H26N6O/c1-4-28-9-7-16(8-10-28)21-14-29-22(30)12-20(25-23(29)15(2)24-21)17-5-6-19-18(11-17)13-27(3)26-19/h5-6,11-14,16H,4,7-10H2,1-3H3. The average Bonchev–Trinajstić information content (AvgIpc) is 3.13. The summed E-state index contributed by atoms with van der Waals surface area (Å²) < 4.78 is 3.45. The summed E-state index contributed by atoms with van der Waals surface area (Å²) in [7, 11) is 1.90. The first-order valence-electron chi connectivity index (χ1n) is 10.6. The Bertz CT molecular complexity index is 1300. The Hall–Kier alpha value is -3.06. The third kappa shape index (κ3) is 3.29. The van der Waals surface area contributed by atoms with E-state index >= 15 is 0 Å². The monoisotopic (exact) mass is 402 g/mol. The van der Waals surface area contributed by atoms with Gasteiger partial charge in [-0.1, -0.05) is 13.0 Å². The summed E-state index contributed by atoms with van der Waals surface area (Å²) in [5, 5.41) is 5.44. The van der Waals surface area contributed by atoms with Gasteiger partial charge in [0.05, 0.1) is 22.6 Å².